The minimum absolute atomic E-state index is 0.0284. The van der Waals surface area contributed by atoms with Crippen LogP contribution in [0, 0.1) is 6.92 Å². The van der Waals surface area contributed by atoms with Crippen LogP contribution >= 0.6 is 0 Å². The lowest BCUT2D eigenvalue weighted by Crippen LogP contribution is -2.37. The number of urea groups is 1. The normalized spacial score (nSPS) is 12.2. The Labute approximate surface area is 110 Å². The second kappa shape index (κ2) is 5.51. The van der Waals surface area contributed by atoms with Crippen LogP contribution in [0.3, 0.4) is 0 Å². The van der Waals surface area contributed by atoms with Gasteiger partial charge in [0, 0.05) is 25.2 Å². The van der Waals surface area contributed by atoms with Crippen LogP contribution in [0.15, 0.2) is 12.3 Å². The number of aromatic nitrogens is 5. The number of nitrogens with zero attached hydrogens (tertiary/aromatic N) is 4. The van der Waals surface area contributed by atoms with Gasteiger partial charge in [-0.15, -0.1) is 5.10 Å². The van der Waals surface area contributed by atoms with Crippen molar-refractivity contribution in [1.29, 1.82) is 0 Å². The number of nitrogens with one attached hydrogen (secondary N) is 3. The largest absolute Gasteiger partial charge is 0.335 e. The average Bonchev–Trinajstić information content (AvgIpc) is 2.87. The van der Waals surface area contributed by atoms with E-state index in [9.17, 15) is 4.79 Å². The van der Waals surface area contributed by atoms with E-state index in [1.807, 2.05) is 19.9 Å². The Hall–Kier alpha value is -2.38. The third-order valence-electron chi connectivity index (χ3n) is 2.50. The van der Waals surface area contributed by atoms with Crippen molar-refractivity contribution in [1.82, 2.24) is 30.5 Å². The van der Waals surface area contributed by atoms with Crippen LogP contribution in [0.1, 0.15) is 18.3 Å². The van der Waals surface area contributed by atoms with Gasteiger partial charge in [0.05, 0.1) is 11.9 Å². The average molecular weight is 263 g/mol. The molecule has 0 radical (unpaired) electrons. The summed E-state index contributed by atoms with van der Waals surface area (Å²) in [7, 11) is 1.73. The first kappa shape index (κ1) is 13.1. The van der Waals surface area contributed by atoms with E-state index in [1.54, 1.807) is 13.2 Å². The van der Waals surface area contributed by atoms with E-state index < -0.39 is 0 Å². The Morgan fingerprint density at radius 1 is 1.58 bits per heavy atom. The first-order valence-electron chi connectivity index (χ1n) is 5.97. The third kappa shape index (κ3) is 3.80. The molecule has 19 heavy (non-hydrogen) atoms. The summed E-state index contributed by atoms with van der Waals surface area (Å²) in [6.45, 7) is 3.86. The van der Waals surface area contributed by atoms with Crippen LogP contribution in [0.25, 0.3) is 0 Å². The molecule has 0 bridgehead atoms. The van der Waals surface area contributed by atoms with Gasteiger partial charge in [0.1, 0.15) is 0 Å². The molecular weight excluding hydrogens is 246 g/mol. The molecule has 3 N–H and O–H groups in total. The fraction of sp³-hybridized carbons (Fsp3) is 0.455. The van der Waals surface area contributed by atoms with Crippen molar-refractivity contribution in [2.75, 3.05) is 5.32 Å². The predicted octanol–water partition coefficient (Wildman–Crippen LogP) is 0.599. The molecule has 0 aromatic carbocycles. The molecule has 2 aromatic rings. The van der Waals surface area contributed by atoms with E-state index >= 15 is 0 Å². The van der Waals surface area contributed by atoms with Gasteiger partial charge < -0.3 is 5.32 Å². The molecule has 0 aliphatic heterocycles. The van der Waals surface area contributed by atoms with Crippen molar-refractivity contribution in [2.45, 2.75) is 26.3 Å². The van der Waals surface area contributed by atoms with Gasteiger partial charge in [0.2, 0.25) is 0 Å². The molecule has 102 valence electrons. The summed E-state index contributed by atoms with van der Waals surface area (Å²) in [5.74, 6) is 0.419. The fourth-order valence-corrected chi connectivity index (χ4v) is 1.72. The Bertz CT molecular complexity index is 559. The third-order valence-corrected chi connectivity index (χ3v) is 2.50. The maximum atomic E-state index is 11.7. The zero-order chi connectivity index (χ0) is 13.8. The lowest BCUT2D eigenvalue weighted by Gasteiger charge is -2.12. The maximum absolute atomic E-state index is 11.7. The quantitative estimate of drug-likeness (QED) is 0.751. The van der Waals surface area contributed by atoms with Crippen LogP contribution in [-0.4, -0.2) is 37.3 Å². The van der Waals surface area contributed by atoms with Crippen LogP contribution in [-0.2, 0) is 13.5 Å². The zero-order valence-electron chi connectivity index (χ0n) is 11.1. The van der Waals surface area contributed by atoms with Crippen molar-refractivity contribution in [3.63, 3.8) is 0 Å². The molecule has 0 saturated carbocycles. The van der Waals surface area contributed by atoms with E-state index in [0.717, 1.165) is 11.4 Å². The summed E-state index contributed by atoms with van der Waals surface area (Å²) in [6.07, 6.45) is 2.29. The van der Waals surface area contributed by atoms with E-state index in [1.165, 1.54) is 4.68 Å². The van der Waals surface area contributed by atoms with Crippen LogP contribution in [0.4, 0.5) is 10.6 Å². The van der Waals surface area contributed by atoms with Crippen molar-refractivity contribution < 1.29 is 4.79 Å². The molecule has 0 unspecified atom stereocenters. The second-order valence-corrected chi connectivity index (χ2v) is 4.52. The van der Waals surface area contributed by atoms with E-state index in [4.69, 9.17) is 0 Å². The van der Waals surface area contributed by atoms with Gasteiger partial charge in [-0.05, 0) is 19.9 Å². The molecule has 8 nitrogen and oxygen atoms in total. The molecular formula is C11H17N7O. The van der Waals surface area contributed by atoms with Crippen molar-refractivity contribution in [3.8, 4) is 0 Å². The highest BCUT2D eigenvalue weighted by Crippen LogP contribution is 2.03. The van der Waals surface area contributed by atoms with Gasteiger partial charge in [-0.3, -0.25) is 15.1 Å². The zero-order valence-corrected chi connectivity index (χ0v) is 11.1. The smallest absolute Gasteiger partial charge is 0.320 e. The predicted molar refractivity (Wildman–Crippen MR) is 69.6 cm³/mol. The Morgan fingerprint density at radius 2 is 2.37 bits per heavy atom. The molecule has 0 aliphatic carbocycles. The molecule has 0 fully saturated rings. The minimum Gasteiger partial charge on any atom is -0.335 e. The van der Waals surface area contributed by atoms with Gasteiger partial charge in [-0.25, -0.2) is 4.79 Å². The number of carbonyl (C=O) groups is 1. The first-order valence-corrected chi connectivity index (χ1v) is 5.97. The SMILES string of the molecule is Cc1cc(C[C@@H](C)NC(=O)Nc2cn(C)nn2)n[nH]1. The monoisotopic (exact) mass is 263 g/mol. The molecule has 0 spiro atoms. The molecule has 2 aromatic heterocycles. The number of anilines is 1. The van der Waals surface area contributed by atoms with E-state index in [2.05, 4.69) is 31.1 Å². The van der Waals surface area contributed by atoms with Gasteiger partial charge in [-0.1, -0.05) is 5.21 Å². The Kier molecular flexibility index (Phi) is 3.79. The summed E-state index contributed by atoms with van der Waals surface area (Å²) in [6, 6.07) is 1.62. The van der Waals surface area contributed by atoms with Crippen molar-refractivity contribution >= 4 is 11.8 Å². The molecule has 8 heteroatoms. The van der Waals surface area contributed by atoms with E-state index in [0.29, 0.717) is 12.2 Å². The molecule has 2 rings (SSSR count). The molecule has 2 amide bonds. The van der Waals surface area contributed by atoms with E-state index in [-0.39, 0.29) is 12.1 Å². The number of amides is 2. The molecule has 0 saturated heterocycles. The second-order valence-electron chi connectivity index (χ2n) is 4.52. The highest BCUT2D eigenvalue weighted by molar-refractivity contribution is 5.88. The number of rotatable bonds is 4. The summed E-state index contributed by atoms with van der Waals surface area (Å²) in [4.78, 5) is 11.7. The van der Waals surface area contributed by atoms with Crippen LogP contribution in [0.5, 0.6) is 0 Å². The summed E-state index contributed by atoms with van der Waals surface area (Å²) >= 11 is 0. The lowest BCUT2D eigenvalue weighted by molar-refractivity contribution is 0.249. The maximum Gasteiger partial charge on any atom is 0.320 e. The molecule has 1 atom stereocenters. The van der Waals surface area contributed by atoms with Crippen LogP contribution in [0.2, 0.25) is 0 Å². The number of aromatic amines is 1. The number of hydrogen-bond donors (Lipinski definition) is 3. The summed E-state index contributed by atoms with van der Waals surface area (Å²) in [5, 5.41) is 19.9. The van der Waals surface area contributed by atoms with Gasteiger partial charge in [0.25, 0.3) is 0 Å². The topological polar surface area (TPSA) is 101 Å². The van der Waals surface area contributed by atoms with Crippen molar-refractivity contribution in [2.24, 2.45) is 7.05 Å². The number of hydrogen-bond acceptors (Lipinski definition) is 4. The Morgan fingerprint density at radius 3 is 2.95 bits per heavy atom. The molecule has 0 aliphatic rings. The standard InChI is InChI=1S/C11H17N7O/c1-7(4-9-5-8(2)14-15-9)12-11(19)13-10-6-18(3)17-16-10/h5-7H,4H2,1-3H3,(H,14,15)(H2,12,13,19)/t7-/m1/s1. The van der Waals surface area contributed by atoms with Gasteiger partial charge in [-0.2, -0.15) is 5.10 Å². The summed E-state index contributed by atoms with van der Waals surface area (Å²) in [5.41, 5.74) is 1.93. The summed E-state index contributed by atoms with van der Waals surface area (Å²) < 4.78 is 1.52. The first-order chi connectivity index (χ1) is 9.02. The van der Waals surface area contributed by atoms with Crippen molar-refractivity contribution in [3.05, 3.63) is 23.7 Å². The molecule has 2 heterocycles. The highest BCUT2D eigenvalue weighted by Gasteiger charge is 2.11. The number of H-pyrrole nitrogens is 1. The minimum atomic E-state index is -0.305. The number of aryl methyl sites for hydroxylation is 2. The van der Waals surface area contributed by atoms with Gasteiger partial charge in [0.15, 0.2) is 5.82 Å². The van der Waals surface area contributed by atoms with Gasteiger partial charge >= 0.3 is 6.03 Å². The fourth-order valence-electron chi connectivity index (χ4n) is 1.72. The van der Waals surface area contributed by atoms with Crippen LogP contribution < -0.4 is 10.6 Å². The highest BCUT2D eigenvalue weighted by atomic mass is 16.2. The lowest BCUT2D eigenvalue weighted by atomic mass is 10.2. The Balaban J connectivity index is 1.81. The number of carbonyl (C=O) groups excluding carboxylic acids is 1.